The minimum absolute atomic E-state index is 0.0429. The summed E-state index contributed by atoms with van der Waals surface area (Å²) in [5, 5.41) is 5.26. The third kappa shape index (κ3) is 5.48. The van der Waals surface area contributed by atoms with Gasteiger partial charge in [0.2, 0.25) is 5.91 Å². The van der Waals surface area contributed by atoms with Crippen LogP contribution < -0.4 is 10.6 Å². The highest BCUT2D eigenvalue weighted by atomic mass is 35.5. The van der Waals surface area contributed by atoms with Crippen molar-refractivity contribution in [2.75, 3.05) is 18.4 Å². The molecule has 1 rings (SSSR count). The van der Waals surface area contributed by atoms with Gasteiger partial charge in [-0.2, -0.15) is 13.2 Å². The lowest BCUT2D eigenvalue weighted by molar-refractivity contribution is -0.137. The van der Waals surface area contributed by atoms with Gasteiger partial charge in [0.05, 0.1) is 5.56 Å². The van der Waals surface area contributed by atoms with Crippen LogP contribution in [-0.4, -0.2) is 19.0 Å². The third-order valence-electron chi connectivity index (χ3n) is 2.29. The van der Waals surface area contributed by atoms with Crippen molar-refractivity contribution in [3.8, 4) is 0 Å². The van der Waals surface area contributed by atoms with Crippen molar-refractivity contribution < 1.29 is 18.0 Å². The number of benzene rings is 1. The average molecular weight is 295 g/mol. The largest absolute Gasteiger partial charge is 0.416 e. The van der Waals surface area contributed by atoms with E-state index in [1.165, 1.54) is 6.07 Å². The highest BCUT2D eigenvalue weighted by Gasteiger charge is 2.31. The Morgan fingerprint density at radius 3 is 2.58 bits per heavy atom. The Hall–Kier alpha value is -1.27. The molecule has 0 radical (unpaired) electrons. The number of halogens is 4. The van der Waals surface area contributed by atoms with Crippen molar-refractivity contribution in [1.29, 1.82) is 0 Å². The molecule has 19 heavy (non-hydrogen) atoms. The summed E-state index contributed by atoms with van der Waals surface area (Å²) in [7, 11) is 0. The fourth-order valence-corrected chi connectivity index (χ4v) is 1.66. The maximum absolute atomic E-state index is 12.6. The summed E-state index contributed by atoms with van der Waals surface area (Å²) in [6.45, 7) is 3.09. The molecule has 1 aromatic rings. The van der Waals surface area contributed by atoms with Gasteiger partial charge in [-0.1, -0.05) is 18.5 Å². The maximum Gasteiger partial charge on any atom is 0.416 e. The van der Waals surface area contributed by atoms with E-state index in [2.05, 4.69) is 10.6 Å². The van der Waals surface area contributed by atoms with Crippen LogP contribution in [-0.2, 0) is 11.0 Å². The topological polar surface area (TPSA) is 41.1 Å². The first-order valence-corrected chi connectivity index (χ1v) is 6.09. The number of nitrogens with one attached hydrogen (secondary N) is 2. The van der Waals surface area contributed by atoms with E-state index in [9.17, 15) is 18.0 Å². The second-order valence-electron chi connectivity index (χ2n) is 3.88. The van der Waals surface area contributed by atoms with Gasteiger partial charge in [0.1, 0.15) is 0 Å². The van der Waals surface area contributed by atoms with Crippen molar-refractivity contribution in [3.05, 3.63) is 28.8 Å². The Morgan fingerprint density at radius 2 is 2.00 bits per heavy atom. The molecule has 0 fully saturated rings. The molecule has 0 saturated heterocycles. The van der Waals surface area contributed by atoms with Crippen LogP contribution in [0.2, 0.25) is 5.02 Å². The van der Waals surface area contributed by atoms with Gasteiger partial charge in [-0.25, -0.2) is 0 Å². The molecule has 0 atom stereocenters. The number of carbonyl (C=O) groups is 1. The summed E-state index contributed by atoms with van der Waals surface area (Å²) in [6.07, 6.45) is -4.31. The molecular weight excluding hydrogens is 281 g/mol. The lowest BCUT2D eigenvalue weighted by Gasteiger charge is -2.11. The van der Waals surface area contributed by atoms with Crippen molar-refractivity contribution >= 4 is 23.2 Å². The van der Waals surface area contributed by atoms with E-state index in [0.29, 0.717) is 6.54 Å². The first-order valence-electron chi connectivity index (χ1n) is 5.71. The monoisotopic (exact) mass is 294 g/mol. The van der Waals surface area contributed by atoms with Crippen molar-refractivity contribution in [2.24, 2.45) is 0 Å². The summed E-state index contributed by atoms with van der Waals surface area (Å²) in [5.41, 5.74) is -0.844. The highest BCUT2D eigenvalue weighted by Crippen LogP contribution is 2.33. The minimum atomic E-state index is -4.49. The SMILES string of the molecule is CCNCCC(=O)Nc1cc(Cl)cc(C(F)(F)F)c1. The fourth-order valence-electron chi connectivity index (χ4n) is 1.43. The molecule has 3 nitrogen and oxygen atoms in total. The molecule has 0 saturated carbocycles. The Morgan fingerprint density at radius 1 is 1.32 bits per heavy atom. The van der Waals surface area contributed by atoms with Gasteiger partial charge in [-0.15, -0.1) is 0 Å². The van der Waals surface area contributed by atoms with Crippen LogP contribution in [0.5, 0.6) is 0 Å². The van der Waals surface area contributed by atoms with Crippen LogP contribution in [0.25, 0.3) is 0 Å². The quantitative estimate of drug-likeness (QED) is 0.818. The Kier molecular flexibility index (Phi) is 5.62. The lowest BCUT2D eigenvalue weighted by Crippen LogP contribution is -2.21. The molecule has 1 amide bonds. The second-order valence-corrected chi connectivity index (χ2v) is 4.31. The zero-order valence-electron chi connectivity index (χ0n) is 10.3. The summed E-state index contributed by atoms with van der Waals surface area (Å²) < 4.78 is 37.7. The summed E-state index contributed by atoms with van der Waals surface area (Å²) >= 11 is 5.60. The molecule has 0 unspecified atom stereocenters. The standard InChI is InChI=1S/C12H14ClF3N2O/c1-2-17-4-3-11(19)18-10-6-8(12(14,15)16)5-9(13)7-10/h5-7,17H,2-4H2,1H3,(H,18,19). The molecule has 0 aliphatic heterocycles. The molecule has 0 bridgehead atoms. The van der Waals surface area contributed by atoms with Crippen LogP contribution in [0.15, 0.2) is 18.2 Å². The van der Waals surface area contributed by atoms with E-state index in [0.717, 1.165) is 18.7 Å². The van der Waals surface area contributed by atoms with Crippen molar-refractivity contribution in [2.45, 2.75) is 19.5 Å². The number of anilines is 1. The van der Waals surface area contributed by atoms with Gasteiger partial charge < -0.3 is 10.6 Å². The molecule has 0 aliphatic carbocycles. The number of hydrogen-bond donors (Lipinski definition) is 2. The molecule has 2 N–H and O–H groups in total. The Balaban J connectivity index is 2.73. The zero-order chi connectivity index (χ0) is 14.5. The second kappa shape index (κ2) is 6.77. The third-order valence-corrected chi connectivity index (χ3v) is 2.51. The molecular formula is C12H14ClF3N2O. The van der Waals surface area contributed by atoms with Gasteiger partial charge in [-0.05, 0) is 24.7 Å². The van der Waals surface area contributed by atoms with E-state index in [1.807, 2.05) is 6.92 Å². The summed E-state index contributed by atoms with van der Waals surface area (Å²) in [6, 6.07) is 2.95. The van der Waals surface area contributed by atoms with Crippen molar-refractivity contribution in [1.82, 2.24) is 5.32 Å². The number of carbonyl (C=O) groups excluding carboxylic acids is 1. The number of amides is 1. The normalized spacial score (nSPS) is 11.4. The first-order chi connectivity index (χ1) is 8.82. The minimum Gasteiger partial charge on any atom is -0.326 e. The molecule has 0 aliphatic rings. The van der Waals surface area contributed by atoms with Crippen molar-refractivity contribution in [3.63, 3.8) is 0 Å². The smallest absolute Gasteiger partial charge is 0.326 e. The zero-order valence-corrected chi connectivity index (χ0v) is 11.0. The highest BCUT2D eigenvalue weighted by molar-refractivity contribution is 6.31. The molecule has 106 valence electrons. The van der Waals surface area contributed by atoms with Gasteiger partial charge >= 0.3 is 6.18 Å². The van der Waals surface area contributed by atoms with Crippen LogP contribution in [0.3, 0.4) is 0 Å². The van der Waals surface area contributed by atoms with Gasteiger partial charge in [0.15, 0.2) is 0 Å². The average Bonchev–Trinajstić information content (AvgIpc) is 2.27. The first kappa shape index (κ1) is 15.8. The van der Waals surface area contributed by atoms with E-state index in [1.54, 1.807) is 0 Å². The van der Waals surface area contributed by atoms with Crippen LogP contribution >= 0.6 is 11.6 Å². The van der Waals surface area contributed by atoms with E-state index in [4.69, 9.17) is 11.6 Å². The Bertz CT molecular complexity index is 449. The molecule has 1 aromatic carbocycles. The van der Waals surface area contributed by atoms with Gasteiger partial charge in [-0.3, -0.25) is 4.79 Å². The summed E-state index contributed by atoms with van der Waals surface area (Å²) in [5.74, 6) is -0.364. The Labute approximate surface area is 114 Å². The summed E-state index contributed by atoms with van der Waals surface area (Å²) in [4.78, 5) is 11.5. The van der Waals surface area contributed by atoms with Crippen LogP contribution in [0, 0.1) is 0 Å². The fraction of sp³-hybridized carbons (Fsp3) is 0.417. The van der Waals surface area contributed by atoms with E-state index in [-0.39, 0.29) is 23.0 Å². The number of alkyl halides is 3. The number of rotatable bonds is 5. The van der Waals surface area contributed by atoms with E-state index >= 15 is 0 Å². The van der Waals surface area contributed by atoms with Crippen LogP contribution in [0.1, 0.15) is 18.9 Å². The predicted molar refractivity (Wildman–Crippen MR) is 68.2 cm³/mol. The molecule has 0 spiro atoms. The molecule has 7 heteroatoms. The maximum atomic E-state index is 12.6. The van der Waals surface area contributed by atoms with Crippen LogP contribution in [0.4, 0.5) is 18.9 Å². The predicted octanol–water partition coefficient (Wildman–Crippen LogP) is 3.30. The molecule has 0 heterocycles. The number of hydrogen-bond acceptors (Lipinski definition) is 2. The molecule has 0 aromatic heterocycles. The van der Waals surface area contributed by atoms with Gasteiger partial charge in [0, 0.05) is 23.7 Å². The van der Waals surface area contributed by atoms with Gasteiger partial charge in [0.25, 0.3) is 0 Å². The lowest BCUT2D eigenvalue weighted by atomic mass is 10.2. The van der Waals surface area contributed by atoms with E-state index < -0.39 is 11.7 Å².